The molecule has 0 heterocycles. The normalized spacial score (nSPS) is 9.94. The fourth-order valence-electron chi connectivity index (χ4n) is 1.54. The molecule has 2 aromatic carbocycles. The minimum Gasteiger partial charge on any atom is -0.457 e. The van der Waals surface area contributed by atoms with Crippen molar-refractivity contribution < 1.29 is 9.13 Å². The Morgan fingerprint density at radius 1 is 1.06 bits per heavy atom. The third kappa shape index (κ3) is 3.18. The van der Waals surface area contributed by atoms with Crippen LogP contribution in [0.3, 0.4) is 0 Å². The first-order chi connectivity index (χ1) is 8.28. The van der Waals surface area contributed by atoms with Crippen LogP contribution in [0.4, 0.5) is 4.39 Å². The average Bonchev–Trinajstić information content (AvgIpc) is 2.33. The third-order valence-corrected chi connectivity index (χ3v) is 2.33. The monoisotopic (exact) mass is 228 g/mol. The molecule has 1 nitrogen and oxygen atoms in total. The molecule has 86 valence electrons. The fourth-order valence-corrected chi connectivity index (χ4v) is 1.54. The highest BCUT2D eigenvalue weighted by molar-refractivity contribution is 5.34. The Bertz CT molecular complexity index is 503. The highest BCUT2D eigenvalue weighted by atomic mass is 19.1. The van der Waals surface area contributed by atoms with Crippen molar-refractivity contribution in [2.75, 3.05) is 0 Å². The third-order valence-electron chi connectivity index (χ3n) is 2.33. The van der Waals surface area contributed by atoms with Crippen LogP contribution < -0.4 is 4.74 Å². The summed E-state index contributed by atoms with van der Waals surface area (Å²) in [5.74, 6) is 1.11. The number of hydrogen-bond acceptors (Lipinski definition) is 1. The van der Waals surface area contributed by atoms with E-state index in [0.29, 0.717) is 5.75 Å². The average molecular weight is 228 g/mol. The van der Waals surface area contributed by atoms with E-state index in [4.69, 9.17) is 4.74 Å². The van der Waals surface area contributed by atoms with Gasteiger partial charge in [0, 0.05) is 0 Å². The van der Waals surface area contributed by atoms with Gasteiger partial charge in [0.1, 0.15) is 17.3 Å². The van der Waals surface area contributed by atoms with E-state index in [9.17, 15) is 4.39 Å². The Morgan fingerprint density at radius 3 is 2.53 bits per heavy atom. The Labute approximate surface area is 100 Å². The highest BCUT2D eigenvalue weighted by Gasteiger charge is 1.98. The first kappa shape index (κ1) is 11.4. The van der Waals surface area contributed by atoms with Gasteiger partial charge < -0.3 is 4.74 Å². The minimum atomic E-state index is -0.266. The van der Waals surface area contributed by atoms with Gasteiger partial charge in [-0.05, 0) is 48.4 Å². The molecule has 0 bridgehead atoms. The summed E-state index contributed by atoms with van der Waals surface area (Å²) in [5, 5.41) is 0. The predicted molar refractivity (Wildman–Crippen MR) is 66.8 cm³/mol. The Kier molecular flexibility index (Phi) is 3.55. The summed E-state index contributed by atoms with van der Waals surface area (Å²) in [4.78, 5) is 0. The van der Waals surface area contributed by atoms with Crippen LogP contribution in [0.1, 0.15) is 5.56 Å². The SMILES string of the molecule is C=CCc1cccc(Oc2ccc(F)cc2)c1. The second kappa shape index (κ2) is 5.30. The predicted octanol–water partition coefficient (Wildman–Crippen LogP) is 4.35. The molecule has 0 radical (unpaired) electrons. The number of hydrogen-bond donors (Lipinski definition) is 0. The van der Waals surface area contributed by atoms with Gasteiger partial charge in [0.05, 0.1) is 0 Å². The van der Waals surface area contributed by atoms with Crippen molar-refractivity contribution >= 4 is 0 Å². The highest BCUT2D eigenvalue weighted by Crippen LogP contribution is 2.22. The lowest BCUT2D eigenvalue weighted by molar-refractivity contribution is 0.480. The molecule has 0 aliphatic rings. The van der Waals surface area contributed by atoms with Crippen LogP contribution >= 0.6 is 0 Å². The Balaban J connectivity index is 2.15. The van der Waals surface area contributed by atoms with Crippen LogP contribution in [-0.2, 0) is 6.42 Å². The van der Waals surface area contributed by atoms with E-state index in [-0.39, 0.29) is 5.82 Å². The van der Waals surface area contributed by atoms with Gasteiger partial charge in [0.15, 0.2) is 0 Å². The molecule has 0 fully saturated rings. The number of rotatable bonds is 4. The minimum absolute atomic E-state index is 0.266. The maximum atomic E-state index is 12.7. The summed E-state index contributed by atoms with van der Waals surface area (Å²) in [7, 11) is 0. The van der Waals surface area contributed by atoms with Crippen LogP contribution in [0.25, 0.3) is 0 Å². The van der Waals surface area contributed by atoms with Crippen molar-refractivity contribution in [3.63, 3.8) is 0 Å². The second-order valence-electron chi connectivity index (χ2n) is 3.70. The van der Waals surface area contributed by atoms with Gasteiger partial charge in [-0.15, -0.1) is 6.58 Å². The summed E-state index contributed by atoms with van der Waals surface area (Å²) in [6.45, 7) is 3.70. The van der Waals surface area contributed by atoms with E-state index >= 15 is 0 Å². The molecular weight excluding hydrogens is 215 g/mol. The maximum Gasteiger partial charge on any atom is 0.127 e. The Morgan fingerprint density at radius 2 is 1.82 bits per heavy atom. The molecule has 0 atom stereocenters. The molecule has 2 aromatic rings. The molecule has 0 saturated carbocycles. The van der Waals surface area contributed by atoms with E-state index in [1.54, 1.807) is 12.1 Å². The van der Waals surface area contributed by atoms with Gasteiger partial charge in [-0.1, -0.05) is 18.2 Å². The molecule has 0 aromatic heterocycles. The molecule has 2 rings (SSSR count). The van der Waals surface area contributed by atoms with Crippen LogP contribution in [0.2, 0.25) is 0 Å². The zero-order valence-electron chi connectivity index (χ0n) is 9.40. The topological polar surface area (TPSA) is 9.23 Å². The first-order valence-corrected chi connectivity index (χ1v) is 5.41. The number of halogens is 1. The van der Waals surface area contributed by atoms with Gasteiger partial charge in [0.2, 0.25) is 0 Å². The van der Waals surface area contributed by atoms with Crippen molar-refractivity contribution in [3.8, 4) is 11.5 Å². The van der Waals surface area contributed by atoms with E-state index in [2.05, 4.69) is 6.58 Å². The second-order valence-corrected chi connectivity index (χ2v) is 3.70. The van der Waals surface area contributed by atoms with Crippen molar-refractivity contribution in [3.05, 3.63) is 72.6 Å². The lowest BCUT2D eigenvalue weighted by Gasteiger charge is -2.06. The zero-order chi connectivity index (χ0) is 12.1. The van der Waals surface area contributed by atoms with E-state index in [1.807, 2.05) is 30.3 Å². The molecule has 2 heteroatoms. The molecule has 0 aliphatic heterocycles. The van der Waals surface area contributed by atoms with Crippen molar-refractivity contribution in [1.82, 2.24) is 0 Å². The summed E-state index contributed by atoms with van der Waals surface area (Å²) < 4.78 is 18.3. The largest absolute Gasteiger partial charge is 0.457 e. The lowest BCUT2D eigenvalue weighted by Crippen LogP contribution is -1.86. The molecular formula is C15H13FO. The lowest BCUT2D eigenvalue weighted by atomic mass is 10.1. The first-order valence-electron chi connectivity index (χ1n) is 5.41. The summed E-state index contributed by atoms with van der Waals surface area (Å²) >= 11 is 0. The van der Waals surface area contributed by atoms with E-state index in [0.717, 1.165) is 17.7 Å². The number of allylic oxidation sites excluding steroid dienone is 1. The van der Waals surface area contributed by atoms with Crippen LogP contribution in [0.15, 0.2) is 61.2 Å². The number of benzene rings is 2. The van der Waals surface area contributed by atoms with Crippen LogP contribution in [0.5, 0.6) is 11.5 Å². The molecule has 0 unspecified atom stereocenters. The maximum absolute atomic E-state index is 12.7. The molecule has 0 N–H and O–H groups in total. The zero-order valence-corrected chi connectivity index (χ0v) is 9.40. The van der Waals surface area contributed by atoms with Crippen molar-refractivity contribution in [1.29, 1.82) is 0 Å². The van der Waals surface area contributed by atoms with Gasteiger partial charge in [-0.3, -0.25) is 0 Å². The quantitative estimate of drug-likeness (QED) is 0.707. The van der Waals surface area contributed by atoms with Crippen LogP contribution in [0, 0.1) is 5.82 Å². The van der Waals surface area contributed by atoms with Gasteiger partial charge in [-0.2, -0.15) is 0 Å². The smallest absolute Gasteiger partial charge is 0.127 e. The van der Waals surface area contributed by atoms with Crippen molar-refractivity contribution in [2.45, 2.75) is 6.42 Å². The molecule has 0 amide bonds. The molecule has 0 aliphatic carbocycles. The standard InChI is InChI=1S/C15H13FO/c1-2-4-12-5-3-6-15(11-12)17-14-9-7-13(16)8-10-14/h2-3,5-11H,1,4H2. The van der Waals surface area contributed by atoms with Crippen molar-refractivity contribution in [2.24, 2.45) is 0 Å². The Hall–Kier alpha value is -2.09. The van der Waals surface area contributed by atoms with E-state index in [1.165, 1.54) is 12.1 Å². The van der Waals surface area contributed by atoms with Crippen LogP contribution in [-0.4, -0.2) is 0 Å². The number of ether oxygens (including phenoxy) is 1. The summed E-state index contributed by atoms with van der Waals surface area (Å²) in [6.07, 6.45) is 2.65. The van der Waals surface area contributed by atoms with E-state index < -0.39 is 0 Å². The molecule has 0 saturated heterocycles. The summed E-state index contributed by atoms with van der Waals surface area (Å²) in [6, 6.07) is 13.7. The van der Waals surface area contributed by atoms with Gasteiger partial charge in [-0.25, -0.2) is 4.39 Å². The molecule has 0 spiro atoms. The summed E-state index contributed by atoms with van der Waals surface area (Å²) in [5.41, 5.74) is 1.14. The molecule has 17 heavy (non-hydrogen) atoms. The fraction of sp³-hybridized carbons (Fsp3) is 0.0667. The van der Waals surface area contributed by atoms with Gasteiger partial charge >= 0.3 is 0 Å². The van der Waals surface area contributed by atoms with Gasteiger partial charge in [0.25, 0.3) is 0 Å².